The first kappa shape index (κ1) is 23.6. The number of hydrogen-bond donors (Lipinski definition) is 1. The van der Waals surface area contributed by atoms with E-state index >= 15 is 0 Å². The number of hydrogen-bond acceptors (Lipinski definition) is 4. The Morgan fingerprint density at radius 1 is 1.09 bits per heavy atom. The normalized spacial score (nSPS) is 23.7. The average molecular weight is 457 g/mol. The molecule has 1 N–H and O–H groups in total. The van der Waals surface area contributed by atoms with E-state index in [1.165, 1.54) is 6.07 Å². The van der Waals surface area contributed by atoms with Crippen molar-refractivity contribution in [3.05, 3.63) is 59.4 Å². The van der Waals surface area contributed by atoms with Crippen molar-refractivity contribution < 1.29 is 28.5 Å². The highest BCUT2D eigenvalue weighted by molar-refractivity contribution is 5.68. The lowest BCUT2D eigenvalue weighted by Gasteiger charge is -2.39. The molecule has 1 atom stereocenters. The number of rotatable bonds is 10. The molecule has 4 rings (SSSR count). The van der Waals surface area contributed by atoms with Crippen molar-refractivity contribution in [3.63, 3.8) is 0 Å². The highest BCUT2D eigenvalue weighted by atomic mass is 19.1. The van der Waals surface area contributed by atoms with Crippen LogP contribution < -0.4 is 9.47 Å². The summed E-state index contributed by atoms with van der Waals surface area (Å²) < 4.78 is 31.9. The van der Waals surface area contributed by atoms with Gasteiger partial charge in [-0.2, -0.15) is 0 Å². The third-order valence-electron chi connectivity index (χ3n) is 7.33. The predicted octanol–water partition coefficient (Wildman–Crippen LogP) is 5.91. The van der Waals surface area contributed by atoms with E-state index in [4.69, 9.17) is 14.2 Å². The van der Waals surface area contributed by atoms with Gasteiger partial charge in [0.2, 0.25) is 0 Å². The molecule has 0 radical (unpaired) electrons. The summed E-state index contributed by atoms with van der Waals surface area (Å²) in [7, 11) is 3.23. The van der Waals surface area contributed by atoms with Crippen LogP contribution in [-0.2, 0) is 15.1 Å². The van der Waals surface area contributed by atoms with Crippen molar-refractivity contribution in [2.75, 3.05) is 20.8 Å². The number of carbonyl (C=O) groups is 1. The quantitative estimate of drug-likeness (QED) is 0.481. The summed E-state index contributed by atoms with van der Waals surface area (Å²) in [6, 6.07) is 12.7. The van der Waals surface area contributed by atoms with Crippen LogP contribution >= 0.6 is 0 Å². The van der Waals surface area contributed by atoms with E-state index < -0.39 is 11.6 Å². The van der Waals surface area contributed by atoms with E-state index in [9.17, 15) is 14.3 Å². The zero-order chi connectivity index (χ0) is 23.4. The van der Waals surface area contributed by atoms with Crippen LogP contribution in [0.5, 0.6) is 11.5 Å². The number of carboxylic acid groups (broad SMARTS) is 1. The summed E-state index contributed by atoms with van der Waals surface area (Å²) in [5, 5.41) is 9.28. The maximum absolute atomic E-state index is 14.6. The summed E-state index contributed by atoms with van der Waals surface area (Å²) in [5.74, 6) is 1.26. The molecule has 178 valence electrons. The lowest BCUT2D eigenvalue weighted by atomic mass is 9.75. The van der Waals surface area contributed by atoms with Gasteiger partial charge in [-0.15, -0.1) is 0 Å². The Morgan fingerprint density at radius 2 is 1.85 bits per heavy atom. The monoisotopic (exact) mass is 456 g/mol. The first-order valence-electron chi connectivity index (χ1n) is 11.8. The lowest BCUT2D eigenvalue weighted by molar-refractivity contribution is -0.137. The Kier molecular flexibility index (Phi) is 7.23. The van der Waals surface area contributed by atoms with Gasteiger partial charge in [0.15, 0.2) is 0 Å². The zero-order valence-corrected chi connectivity index (χ0v) is 19.4. The molecule has 0 aliphatic heterocycles. The van der Waals surface area contributed by atoms with Crippen molar-refractivity contribution in [2.45, 2.75) is 56.5 Å². The number of methoxy groups -OCH3 is 2. The third kappa shape index (κ3) is 5.49. The minimum absolute atomic E-state index is 0.0563. The molecular formula is C27H33FO5. The molecule has 2 fully saturated rings. The fourth-order valence-electron chi connectivity index (χ4n) is 5.17. The van der Waals surface area contributed by atoms with Gasteiger partial charge in [-0.25, -0.2) is 4.39 Å². The van der Waals surface area contributed by atoms with E-state index in [-0.39, 0.29) is 18.2 Å². The summed E-state index contributed by atoms with van der Waals surface area (Å²) in [5.41, 5.74) is 0.956. The molecule has 2 aliphatic carbocycles. The number of aliphatic carboxylic acids is 1. The van der Waals surface area contributed by atoms with Gasteiger partial charge < -0.3 is 19.3 Å². The van der Waals surface area contributed by atoms with E-state index in [2.05, 4.69) is 0 Å². The molecule has 2 aliphatic rings. The van der Waals surface area contributed by atoms with E-state index in [0.717, 1.165) is 37.0 Å². The van der Waals surface area contributed by atoms with Gasteiger partial charge >= 0.3 is 5.97 Å². The smallest absolute Gasteiger partial charge is 0.303 e. The van der Waals surface area contributed by atoms with Crippen LogP contribution in [0.3, 0.4) is 0 Å². The number of benzene rings is 2. The second kappa shape index (κ2) is 10.1. The van der Waals surface area contributed by atoms with E-state index in [0.29, 0.717) is 42.6 Å². The minimum atomic E-state index is -0.755. The van der Waals surface area contributed by atoms with Crippen LogP contribution in [0.15, 0.2) is 42.5 Å². The van der Waals surface area contributed by atoms with Gasteiger partial charge in [0, 0.05) is 12.7 Å². The van der Waals surface area contributed by atoms with Gasteiger partial charge in [0.25, 0.3) is 0 Å². The second-order valence-electron chi connectivity index (χ2n) is 9.41. The fourth-order valence-corrected chi connectivity index (χ4v) is 5.17. The maximum atomic E-state index is 14.6. The summed E-state index contributed by atoms with van der Waals surface area (Å²) in [6.45, 7) is 0.580. The highest BCUT2D eigenvalue weighted by Crippen LogP contribution is 2.46. The molecule has 6 heteroatoms. The van der Waals surface area contributed by atoms with Crippen molar-refractivity contribution in [1.29, 1.82) is 0 Å². The van der Waals surface area contributed by atoms with Crippen LogP contribution in [0.4, 0.5) is 4.39 Å². The molecule has 2 saturated carbocycles. The van der Waals surface area contributed by atoms with Crippen molar-refractivity contribution in [2.24, 2.45) is 11.8 Å². The van der Waals surface area contributed by atoms with Gasteiger partial charge in [0.05, 0.1) is 25.7 Å². The molecule has 0 saturated heterocycles. The van der Waals surface area contributed by atoms with Crippen LogP contribution in [0.1, 0.15) is 62.0 Å². The molecule has 33 heavy (non-hydrogen) atoms. The third-order valence-corrected chi connectivity index (χ3v) is 7.33. The molecule has 0 bridgehead atoms. The predicted molar refractivity (Wildman–Crippen MR) is 123 cm³/mol. The largest absolute Gasteiger partial charge is 0.497 e. The molecule has 0 aromatic heterocycles. The van der Waals surface area contributed by atoms with Gasteiger partial charge in [-0.3, -0.25) is 4.79 Å². The van der Waals surface area contributed by atoms with Gasteiger partial charge in [-0.05, 0) is 92.2 Å². The topological polar surface area (TPSA) is 65.0 Å². The summed E-state index contributed by atoms with van der Waals surface area (Å²) >= 11 is 0. The molecular weight excluding hydrogens is 423 g/mol. The maximum Gasteiger partial charge on any atom is 0.303 e. The molecule has 0 amide bonds. The molecule has 0 heterocycles. The lowest BCUT2D eigenvalue weighted by Crippen LogP contribution is -2.36. The SMILES string of the molecule is COc1ccc(F)c(C2(OC)CCC(COc3cccc(C(CC(=O)O)C4CC4)c3)CC2)c1. The molecule has 2 aromatic carbocycles. The summed E-state index contributed by atoms with van der Waals surface area (Å²) in [6.07, 6.45) is 5.52. The first-order valence-corrected chi connectivity index (χ1v) is 11.8. The Labute approximate surface area is 194 Å². The first-order chi connectivity index (χ1) is 15.9. The molecule has 5 nitrogen and oxygen atoms in total. The zero-order valence-electron chi connectivity index (χ0n) is 19.4. The highest BCUT2D eigenvalue weighted by Gasteiger charge is 2.39. The number of ether oxygens (including phenoxy) is 3. The molecule has 2 aromatic rings. The van der Waals surface area contributed by atoms with Crippen molar-refractivity contribution in [1.82, 2.24) is 0 Å². The van der Waals surface area contributed by atoms with Gasteiger partial charge in [-0.1, -0.05) is 12.1 Å². The van der Waals surface area contributed by atoms with Crippen molar-refractivity contribution in [3.8, 4) is 11.5 Å². The van der Waals surface area contributed by atoms with E-state index in [1.54, 1.807) is 26.4 Å². The van der Waals surface area contributed by atoms with Crippen LogP contribution in [0, 0.1) is 17.7 Å². The number of carboxylic acids is 1. The van der Waals surface area contributed by atoms with E-state index in [1.807, 2.05) is 24.3 Å². The Morgan fingerprint density at radius 3 is 2.48 bits per heavy atom. The number of halogens is 1. The van der Waals surface area contributed by atoms with Crippen LogP contribution in [0.25, 0.3) is 0 Å². The Bertz CT molecular complexity index is 963. The van der Waals surface area contributed by atoms with Crippen molar-refractivity contribution >= 4 is 5.97 Å². The van der Waals surface area contributed by atoms with Gasteiger partial charge in [0.1, 0.15) is 17.3 Å². The summed E-state index contributed by atoms with van der Waals surface area (Å²) in [4.78, 5) is 11.3. The molecule has 1 unspecified atom stereocenters. The average Bonchev–Trinajstić information content (AvgIpc) is 3.67. The minimum Gasteiger partial charge on any atom is -0.497 e. The van der Waals surface area contributed by atoms with Crippen LogP contribution in [0.2, 0.25) is 0 Å². The molecule has 0 spiro atoms. The Hall–Kier alpha value is -2.60. The second-order valence-corrected chi connectivity index (χ2v) is 9.41. The fraction of sp³-hybridized carbons (Fsp3) is 0.519. The van der Waals surface area contributed by atoms with Crippen LogP contribution in [-0.4, -0.2) is 31.9 Å². The Balaban J connectivity index is 1.37. The standard InChI is InChI=1S/C27H33FO5/c1-31-21-8-9-25(28)24(15-21)27(32-2)12-10-18(11-13-27)17-33-22-5-3-4-20(14-22)23(16-26(29)30)19-6-7-19/h3-5,8-9,14-15,18-19,23H,6-7,10-13,16-17H2,1-2H3,(H,29,30).